The number of non-ortho nitro benzene ring substituents is 1. The van der Waals surface area contributed by atoms with Crippen LogP contribution in [0.15, 0.2) is 83.8 Å². The summed E-state index contributed by atoms with van der Waals surface area (Å²) in [4.78, 5) is 26.9. The number of hydrogen-bond donors (Lipinski definition) is 0. The molecular formula is C22H18N2O3S. The van der Waals surface area contributed by atoms with Crippen LogP contribution in [-0.4, -0.2) is 16.6 Å². The Morgan fingerprint density at radius 1 is 0.964 bits per heavy atom. The summed E-state index contributed by atoms with van der Waals surface area (Å²) in [5.41, 5.74) is 2.37. The third kappa shape index (κ3) is 3.51. The van der Waals surface area contributed by atoms with Crippen molar-refractivity contribution in [1.82, 2.24) is 0 Å². The minimum atomic E-state index is -0.459. The van der Waals surface area contributed by atoms with E-state index in [4.69, 9.17) is 0 Å². The third-order valence-electron chi connectivity index (χ3n) is 4.81. The van der Waals surface area contributed by atoms with Gasteiger partial charge in [-0.15, -0.1) is 11.8 Å². The molecule has 1 heterocycles. The number of thioether (sulfide) groups is 1. The van der Waals surface area contributed by atoms with Crippen molar-refractivity contribution in [3.8, 4) is 0 Å². The summed E-state index contributed by atoms with van der Waals surface area (Å²) in [5.74, 6) is 0.749. The average Bonchev–Trinajstić information content (AvgIpc) is 2.93. The average molecular weight is 390 g/mol. The maximum Gasteiger partial charge on any atom is 0.269 e. The summed E-state index contributed by atoms with van der Waals surface area (Å²) in [5, 5.41) is 10.9. The molecule has 4 rings (SSSR count). The maximum absolute atomic E-state index is 13.5. The topological polar surface area (TPSA) is 63.4 Å². The molecule has 0 bridgehead atoms. The number of nitrogens with zero attached hydrogens (tertiary/aromatic N) is 2. The van der Waals surface area contributed by atoms with Gasteiger partial charge >= 0.3 is 0 Å². The number of nitro groups is 1. The van der Waals surface area contributed by atoms with Gasteiger partial charge in [-0.3, -0.25) is 19.8 Å². The molecule has 140 valence electrons. The Kier molecular flexibility index (Phi) is 5.12. The fraction of sp³-hybridized carbons (Fsp3) is 0.136. The Morgan fingerprint density at radius 3 is 2.36 bits per heavy atom. The molecule has 28 heavy (non-hydrogen) atoms. The third-order valence-corrected chi connectivity index (χ3v) is 5.91. The highest BCUT2D eigenvalue weighted by molar-refractivity contribution is 7.99. The molecule has 1 aliphatic rings. The molecule has 0 N–H and O–H groups in total. The summed E-state index contributed by atoms with van der Waals surface area (Å²) < 4.78 is 0. The second kappa shape index (κ2) is 7.86. The smallest absolute Gasteiger partial charge is 0.269 e. The van der Waals surface area contributed by atoms with Crippen molar-refractivity contribution in [2.75, 3.05) is 10.7 Å². The van der Waals surface area contributed by atoms with Crippen LogP contribution in [-0.2, 0) is 0 Å². The summed E-state index contributed by atoms with van der Waals surface area (Å²) in [6.07, 6.45) is 0.822. The number of hydrogen-bond acceptors (Lipinski definition) is 4. The van der Waals surface area contributed by atoms with Crippen LogP contribution >= 0.6 is 11.8 Å². The Labute approximate surface area is 167 Å². The molecule has 1 amide bonds. The van der Waals surface area contributed by atoms with Crippen molar-refractivity contribution in [2.45, 2.75) is 17.4 Å². The second-order valence-corrected chi connectivity index (χ2v) is 7.65. The molecule has 1 aliphatic heterocycles. The van der Waals surface area contributed by atoms with E-state index in [1.807, 2.05) is 59.5 Å². The highest BCUT2D eigenvalue weighted by Gasteiger charge is 2.31. The number of nitro benzene ring substituents is 1. The predicted octanol–water partition coefficient (Wildman–Crippen LogP) is 5.48. The second-order valence-electron chi connectivity index (χ2n) is 6.51. The van der Waals surface area contributed by atoms with Crippen LogP contribution in [0, 0.1) is 10.1 Å². The number of carbonyl (C=O) groups is 1. The lowest BCUT2D eigenvalue weighted by atomic mass is 10.0. The molecule has 0 radical (unpaired) electrons. The highest BCUT2D eigenvalue weighted by Crippen LogP contribution is 2.42. The molecule has 0 spiro atoms. The van der Waals surface area contributed by atoms with E-state index in [1.54, 1.807) is 11.8 Å². The summed E-state index contributed by atoms with van der Waals surface area (Å²) >= 11 is 1.75. The van der Waals surface area contributed by atoms with Crippen LogP contribution in [0.3, 0.4) is 0 Å². The van der Waals surface area contributed by atoms with Gasteiger partial charge in [-0.1, -0.05) is 42.5 Å². The molecule has 1 unspecified atom stereocenters. The first-order chi connectivity index (χ1) is 13.6. The van der Waals surface area contributed by atoms with E-state index < -0.39 is 4.92 Å². The minimum absolute atomic E-state index is 0.0250. The molecule has 0 aromatic heterocycles. The van der Waals surface area contributed by atoms with Gasteiger partial charge in [0.1, 0.15) is 0 Å². The number of amides is 1. The molecule has 3 aromatic carbocycles. The van der Waals surface area contributed by atoms with E-state index in [-0.39, 0.29) is 17.6 Å². The molecule has 0 fully saturated rings. The Balaban J connectivity index is 1.80. The lowest BCUT2D eigenvalue weighted by molar-refractivity contribution is -0.384. The van der Waals surface area contributed by atoms with Crippen LogP contribution in [0.4, 0.5) is 11.4 Å². The van der Waals surface area contributed by atoms with E-state index in [0.717, 1.165) is 28.3 Å². The molecule has 0 saturated heterocycles. The fourth-order valence-corrected chi connectivity index (χ4v) is 4.51. The van der Waals surface area contributed by atoms with Crippen LogP contribution in [0.1, 0.15) is 28.4 Å². The molecule has 0 saturated carbocycles. The van der Waals surface area contributed by atoms with Gasteiger partial charge < -0.3 is 0 Å². The summed E-state index contributed by atoms with van der Waals surface area (Å²) in [7, 11) is 0. The Morgan fingerprint density at radius 2 is 1.64 bits per heavy atom. The van der Waals surface area contributed by atoms with Gasteiger partial charge in [-0.05, 0) is 36.2 Å². The van der Waals surface area contributed by atoms with Crippen LogP contribution in [0.5, 0.6) is 0 Å². The number of anilines is 1. The van der Waals surface area contributed by atoms with Crippen LogP contribution in [0.25, 0.3) is 0 Å². The molecule has 1 atom stereocenters. The Bertz CT molecular complexity index is 1010. The summed E-state index contributed by atoms with van der Waals surface area (Å²) in [6, 6.07) is 23.6. The summed E-state index contributed by atoms with van der Waals surface area (Å²) in [6.45, 7) is 0. The number of rotatable bonds is 3. The first-order valence-electron chi connectivity index (χ1n) is 9.00. The zero-order chi connectivity index (χ0) is 19.5. The fourth-order valence-electron chi connectivity index (χ4n) is 3.46. The predicted molar refractivity (Wildman–Crippen MR) is 111 cm³/mol. The van der Waals surface area contributed by atoms with Gasteiger partial charge in [0, 0.05) is 28.3 Å². The van der Waals surface area contributed by atoms with Crippen molar-refractivity contribution in [3.63, 3.8) is 0 Å². The number of benzene rings is 3. The number of carbonyl (C=O) groups excluding carboxylic acids is 1. The molecule has 0 aliphatic carbocycles. The minimum Gasteiger partial charge on any atom is -0.300 e. The van der Waals surface area contributed by atoms with Crippen molar-refractivity contribution in [2.24, 2.45) is 0 Å². The lowest BCUT2D eigenvalue weighted by Gasteiger charge is -2.31. The molecule has 3 aromatic rings. The first kappa shape index (κ1) is 18.3. The quantitative estimate of drug-likeness (QED) is 0.439. The van der Waals surface area contributed by atoms with Gasteiger partial charge in [0.25, 0.3) is 11.6 Å². The van der Waals surface area contributed by atoms with Gasteiger partial charge in [-0.2, -0.15) is 0 Å². The van der Waals surface area contributed by atoms with Gasteiger partial charge in [0.15, 0.2) is 0 Å². The normalized spacial score (nSPS) is 16.1. The molecule has 5 nitrogen and oxygen atoms in total. The van der Waals surface area contributed by atoms with Crippen molar-refractivity contribution < 1.29 is 9.72 Å². The van der Waals surface area contributed by atoms with Crippen LogP contribution < -0.4 is 4.90 Å². The maximum atomic E-state index is 13.5. The molecule has 6 heteroatoms. The van der Waals surface area contributed by atoms with E-state index in [2.05, 4.69) is 0 Å². The van der Waals surface area contributed by atoms with E-state index in [0.29, 0.717) is 5.56 Å². The highest BCUT2D eigenvalue weighted by atomic mass is 32.2. The molecular weight excluding hydrogens is 372 g/mol. The first-order valence-corrected chi connectivity index (χ1v) is 9.98. The van der Waals surface area contributed by atoms with Gasteiger partial charge in [0.2, 0.25) is 0 Å². The van der Waals surface area contributed by atoms with Gasteiger partial charge in [0.05, 0.1) is 16.7 Å². The zero-order valence-corrected chi connectivity index (χ0v) is 15.8. The Hall–Kier alpha value is -3.12. The monoisotopic (exact) mass is 390 g/mol. The van der Waals surface area contributed by atoms with E-state index >= 15 is 0 Å². The van der Waals surface area contributed by atoms with Crippen LogP contribution in [0.2, 0.25) is 0 Å². The number of fused-ring (bicyclic) bond motifs is 1. The van der Waals surface area contributed by atoms with Crippen molar-refractivity contribution in [3.05, 3.63) is 100 Å². The van der Waals surface area contributed by atoms with E-state index in [9.17, 15) is 14.9 Å². The van der Waals surface area contributed by atoms with E-state index in [1.165, 1.54) is 24.3 Å². The number of para-hydroxylation sites is 1. The van der Waals surface area contributed by atoms with Crippen molar-refractivity contribution in [1.29, 1.82) is 0 Å². The standard InChI is InChI=1S/C22H18N2O3S/c25-22(17-10-12-18(13-11-17)24(26)27)23-19(16-6-2-1-3-7-16)14-15-28-21-9-5-4-8-20(21)23/h1-13,19H,14-15H2. The lowest BCUT2D eigenvalue weighted by Crippen LogP contribution is -2.35. The SMILES string of the molecule is O=C(c1ccc([N+](=O)[O-])cc1)N1c2ccccc2SCCC1c1ccccc1. The zero-order valence-electron chi connectivity index (χ0n) is 15.0. The van der Waals surface area contributed by atoms with Gasteiger partial charge in [-0.25, -0.2) is 0 Å². The van der Waals surface area contributed by atoms with Crippen molar-refractivity contribution >= 4 is 29.0 Å². The largest absolute Gasteiger partial charge is 0.300 e.